The maximum atomic E-state index is 13.0. The van der Waals surface area contributed by atoms with Crippen molar-refractivity contribution in [1.29, 1.82) is 0 Å². The summed E-state index contributed by atoms with van der Waals surface area (Å²) in [6.45, 7) is 3.69. The number of hydrazine groups is 1. The van der Waals surface area contributed by atoms with Gasteiger partial charge in [0.1, 0.15) is 11.4 Å². The Labute approximate surface area is 152 Å². The van der Waals surface area contributed by atoms with Gasteiger partial charge in [0.15, 0.2) is 0 Å². The first-order valence-electron chi connectivity index (χ1n) is 8.96. The Morgan fingerprint density at radius 2 is 2.00 bits per heavy atom. The van der Waals surface area contributed by atoms with Crippen molar-refractivity contribution < 1.29 is 14.3 Å². The number of hydrogen-bond donors (Lipinski definition) is 1. The highest BCUT2D eigenvalue weighted by Crippen LogP contribution is 2.26. The van der Waals surface area contributed by atoms with E-state index in [1.165, 1.54) is 10.0 Å². The molecule has 0 spiro atoms. The lowest BCUT2D eigenvalue weighted by Crippen LogP contribution is -2.49. The Hall–Kier alpha value is -2.83. The lowest BCUT2D eigenvalue weighted by atomic mass is 10.1. The molecule has 1 fully saturated rings. The average Bonchev–Trinajstić information content (AvgIpc) is 3.16. The van der Waals surface area contributed by atoms with Gasteiger partial charge in [-0.1, -0.05) is 25.5 Å². The molecule has 3 rings (SSSR count). The SMILES string of the molecule is CCCCNC(=O)N1CCCN1C(=O)c1cc(OC)c2ccccc2n1. The number of unbranched alkanes of at least 4 members (excludes halogenated alkanes) is 1. The summed E-state index contributed by atoms with van der Waals surface area (Å²) in [6, 6.07) is 8.91. The van der Waals surface area contributed by atoms with Crippen LogP contribution in [0.25, 0.3) is 10.9 Å². The van der Waals surface area contributed by atoms with Crippen LogP contribution in [0.4, 0.5) is 4.79 Å². The van der Waals surface area contributed by atoms with E-state index in [0.29, 0.717) is 30.9 Å². The molecule has 26 heavy (non-hydrogen) atoms. The summed E-state index contributed by atoms with van der Waals surface area (Å²) in [5, 5.41) is 6.65. The minimum absolute atomic E-state index is 0.239. The predicted molar refractivity (Wildman–Crippen MR) is 99.0 cm³/mol. The van der Waals surface area contributed by atoms with Crippen LogP contribution in [-0.4, -0.2) is 53.7 Å². The van der Waals surface area contributed by atoms with Crippen LogP contribution in [0.1, 0.15) is 36.7 Å². The standard InChI is InChI=1S/C19H24N4O3/c1-3-4-10-20-19(25)23-12-7-11-22(23)18(24)16-13-17(26-2)14-8-5-6-9-15(14)21-16/h5-6,8-9,13H,3-4,7,10-12H2,1-2H3,(H,20,25). The van der Waals surface area contributed by atoms with Crippen LogP contribution in [0, 0.1) is 0 Å². The van der Waals surface area contributed by atoms with E-state index in [2.05, 4.69) is 17.2 Å². The molecule has 1 aromatic heterocycles. The summed E-state index contributed by atoms with van der Waals surface area (Å²) in [6.07, 6.45) is 2.67. The van der Waals surface area contributed by atoms with E-state index in [-0.39, 0.29) is 17.6 Å². The van der Waals surface area contributed by atoms with E-state index >= 15 is 0 Å². The van der Waals surface area contributed by atoms with Crippen molar-refractivity contribution in [2.24, 2.45) is 0 Å². The van der Waals surface area contributed by atoms with Gasteiger partial charge in [-0.2, -0.15) is 0 Å². The topological polar surface area (TPSA) is 74.8 Å². The second-order valence-electron chi connectivity index (χ2n) is 6.22. The summed E-state index contributed by atoms with van der Waals surface area (Å²) >= 11 is 0. The van der Waals surface area contributed by atoms with Crippen LogP contribution >= 0.6 is 0 Å². The van der Waals surface area contributed by atoms with Gasteiger partial charge in [0.25, 0.3) is 5.91 Å². The summed E-state index contributed by atoms with van der Waals surface area (Å²) < 4.78 is 5.42. The Balaban J connectivity index is 1.83. The van der Waals surface area contributed by atoms with Crippen LogP contribution in [0.15, 0.2) is 30.3 Å². The zero-order valence-corrected chi connectivity index (χ0v) is 15.2. The van der Waals surface area contributed by atoms with Crippen molar-refractivity contribution in [3.05, 3.63) is 36.0 Å². The first-order valence-corrected chi connectivity index (χ1v) is 8.96. The Morgan fingerprint density at radius 1 is 1.23 bits per heavy atom. The van der Waals surface area contributed by atoms with E-state index in [0.717, 1.165) is 24.6 Å². The van der Waals surface area contributed by atoms with Crippen molar-refractivity contribution in [3.8, 4) is 5.75 Å². The molecule has 0 aliphatic carbocycles. The Morgan fingerprint density at radius 3 is 2.77 bits per heavy atom. The van der Waals surface area contributed by atoms with E-state index < -0.39 is 0 Å². The molecule has 0 bridgehead atoms. The minimum atomic E-state index is -0.294. The van der Waals surface area contributed by atoms with Crippen LogP contribution in [0.2, 0.25) is 0 Å². The van der Waals surface area contributed by atoms with Crippen LogP contribution < -0.4 is 10.1 Å². The van der Waals surface area contributed by atoms with Crippen molar-refractivity contribution in [2.45, 2.75) is 26.2 Å². The molecule has 0 radical (unpaired) electrons. The lowest BCUT2D eigenvalue weighted by Gasteiger charge is -2.27. The number of para-hydroxylation sites is 1. The van der Waals surface area contributed by atoms with Crippen molar-refractivity contribution in [2.75, 3.05) is 26.7 Å². The number of nitrogens with one attached hydrogen (secondary N) is 1. The molecule has 1 aliphatic heterocycles. The van der Waals surface area contributed by atoms with Crippen LogP contribution in [-0.2, 0) is 0 Å². The van der Waals surface area contributed by atoms with Gasteiger partial charge in [0, 0.05) is 31.1 Å². The quantitative estimate of drug-likeness (QED) is 0.836. The first kappa shape index (κ1) is 18.0. The maximum Gasteiger partial charge on any atom is 0.336 e. The van der Waals surface area contributed by atoms with Crippen LogP contribution in [0.3, 0.4) is 0 Å². The number of nitrogens with zero attached hydrogens (tertiary/aromatic N) is 3. The normalized spacial score (nSPS) is 13.9. The Kier molecular flexibility index (Phi) is 5.55. The van der Waals surface area contributed by atoms with Gasteiger partial charge in [-0.05, 0) is 25.0 Å². The highest BCUT2D eigenvalue weighted by atomic mass is 16.5. The molecule has 1 aromatic carbocycles. The number of benzene rings is 1. The minimum Gasteiger partial charge on any atom is -0.496 e. The molecular formula is C19H24N4O3. The fraction of sp³-hybridized carbons (Fsp3) is 0.421. The fourth-order valence-corrected chi connectivity index (χ4v) is 3.05. The van der Waals surface area contributed by atoms with Gasteiger partial charge < -0.3 is 10.1 Å². The van der Waals surface area contributed by atoms with E-state index in [4.69, 9.17) is 4.74 Å². The number of rotatable bonds is 5. The maximum absolute atomic E-state index is 13.0. The number of pyridine rings is 1. The van der Waals surface area contributed by atoms with Crippen LogP contribution in [0.5, 0.6) is 5.75 Å². The van der Waals surface area contributed by atoms with E-state index in [1.54, 1.807) is 13.2 Å². The molecule has 0 saturated carbocycles. The number of aromatic nitrogens is 1. The molecule has 1 aliphatic rings. The smallest absolute Gasteiger partial charge is 0.336 e. The molecule has 3 amide bonds. The molecule has 0 unspecified atom stereocenters. The molecular weight excluding hydrogens is 332 g/mol. The number of methoxy groups -OCH3 is 1. The number of fused-ring (bicyclic) bond motifs is 1. The van der Waals surface area contributed by atoms with E-state index in [1.807, 2.05) is 24.3 Å². The average molecular weight is 356 g/mol. The molecule has 1 N–H and O–H groups in total. The first-order chi connectivity index (χ1) is 12.7. The molecule has 7 heteroatoms. The van der Waals surface area contributed by atoms with Gasteiger partial charge in [0.2, 0.25) is 0 Å². The molecule has 7 nitrogen and oxygen atoms in total. The van der Waals surface area contributed by atoms with Gasteiger partial charge in [-0.15, -0.1) is 0 Å². The fourth-order valence-electron chi connectivity index (χ4n) is 3.05. The zero-order valence-electron chi connectivity index (χ0n) is 15.2. The largest absolute Gasteiger partial charge is 0.496 e. The summed E-state index contributed by atoms with van der Waals surface area (Å²) in [7, 11) is 1.57. The zero-order chi connectivity index (χ0) is 18.5. The van der Waals surface area contributed by atoms with E-state index in [9.17, 15) is 9.59 Å². The van der Waals surface area contributed by atoms with Gasteiger partial charge in [0.05, 0.1) is 12.6 Å². The number of ether oxygens (including phenoxy) is 1. The third-order valence-corrected chi connectivity index (χ3v) is 4.42. The monoisotopic (exact) mass is 356 g/mol. The molecule has 0 atom stereocenters. The number of hydrogen-bond acceptors (Lipinski definition) is 4. The lowest BCUT2D eigenvalue weighted by molar-refractivity contribution is 0.0371. The predicted octanol–water partition coefficient (Wildman–Crippen LogP) is 2.82. The van der Waals surface area contributed by atoms with Crippen molar-refractivity contribution >= 4 is 22.8 Å². The molecule has 1 saturated heterocycles. The van der Waals surface area contributed by atoms with Gasteiger partial charge in [-0.3, -0.25) is 4.79 Å². The number of urea groups is 1. The number of carbonyl (C=O) groups is 2. The highest BCUT2D eigenvalue weighted by Gasteiger charge is 2.32. The second kappa shape index (κ2) is 8.03. The van der Waals surface area contributed by atoms with Crippen molar-refractivity contribution in [3.63, 3.8) is 0 Å². The molecule has 2 aromatic rings. The summed E-state index contributed by atoms with van der Waals surface area (Å²) in [5.41, 5.74) is 0.960. The third kappa shape index (κ3) is 3.56. The summed E-state index contributed by atoms with van der Waals surface area (Å²) in [4.78, 5) is 29.8. The number of carbonyl (C=O) groups excluding carboxylic acids is 2. The Bertz CT molecular complexity index is 808. The molecule has 138 valence electrons. The number of amides is 3. The van der Waals surface area contributed by atoms with Gasteiger partial charge >= 0.3 is 6.03 Å². The van der Waals surface area contributed by atoms with Crippen molar-refractivity contribution in [1.82, 2.24) is 20.3 Å². The highest BCUT2D eigenvalue weighted by molar-refractivity contribution is 5.97. The summed E-state index contributed by atoms with van der Waals surface area (Å²) in [5.74, 6) is 0.300. The molecule has 2 heterocycles. The van der Waals surface area contributed by atoms with Gasteiger partial charge in [-0.25, -0.2) is 19.8 Å². The second-order valence-corrected chi connectivity index (χ2v) is 6.22. The third-order valence-electron chi connectivity index (χ3n) is 4.42.